The van der Waals surface area contributed by atoms with Crippen LogP contribution in [0.2, 0.25) is 0 Å². The second kappa shape index (κ2) is 8.08. The number of nitrogens with zero attached hydrogens (tertiary/aromatic N) is 2. The summed E-state index contributed by atoms with van der Waals surface area (Å²) in [6.45, 7) is 3.66. The predicted molar refractivity (Wildman–Crippen MR) is 119 cm³/mol. The summed E-state index contributed by atoms with van der Waals surface area (Å²) < 4.78 is 0.835. The summed E-state index contributed by atoms with van der Waals surface area (Å²) in [5.74, 6) is -2.79. The van der Waals surface area contributed by atoms with Gasteiger partial charge in [0.2, 0.25) is 5.88 Å². The van der Waals surface area contributed by atoms with Crippen LogP contribution in [-0.4, -0.2) is 32.5 Å². The number of aromatic nitrogens is 2. The number of H-pyrrole nitrogens is 1. The molecule has 1 aliphatic heterocycles. The molecule has 0 aliphatic carbocycles. The van der Waals surface area contributed by atoms with Crippen LogP contribution in [0.15, 0.2) is 63.7 Å². The zero-order chi connectivity index (χ0) is 23.9. The maximum Gasteiger partial charge on any atom is 0.335 e. The number of carbonyl (C=O) groups excluding carboxylic acids is 3. The Bertz CT molecular complexity index is 1450. The van der Waals surface area contributed by atoms with Crippen molar-refractivity contribution in [3.05, 3.63) is 91.6 Å². The van der Waals surface area contributed by atoms with E-state index >= 15 is 0 Å². The first-order valence-corrected chi connectivity index (χ1v) is 9.81. The highest BCUT2D eigenvalue weighted by atomic mass is 16.3. The van der Waals surface area contributed by atoms with Crippen LogP contribution in [0.25, 0.3) is 11.8 Å². The first-order chi connectivity index (χ1) is 15.7. The van der Waals surface area contributed by atoms with Crippen molar-refractivity contribution in [2.75, 3.05) is 4.90 Å². The Morgan fingerprint density at radius 3 is 1.94 bits per heavy atom. The van der Waals surface area contributed by atoms with E-state index in [0.717, 1.165) is 26.7 Å². The summed E-state index contributed by atoms with van der Waals surface area (Å²) in [6.07, 6.45) is 0.851. The molecule has 1 saturated heterocycles. The second-order valence-corrected chi connectivity index (χ2v) is 7.46. The molecule has 2 aromatic carbocycles. The van der Waals surface area contributed by atoms with Gasteiger partial charge in [-0.1, -0.05) is 35.4 Å². The van der Waals surface area contributed by atoms with Crippen molar-refractivity contribution in [3.8, 4) is 11.6 Å². The Labute approximate surface area is 186 Å². The number of aromatic hydroxyl groups is 1. The molecule has 1 aromatic heterocycles. The van der Waals surface area contributed by atoms with E-state index in [1.165, 1.54) is 12.1 Å². The lowest BCUT2D eigenvalue weighted by Gasteiger charge is -2.26. The molecule has 3 N–H and O–H groups in total. The molecule has 0 spiro atoms. The SMILES string of the molecule is Cc1ccc(N2C(=O)NC(=O)/C(=C/c3c(O)n(-c4ccc(C)cc4)c(=O)[nH]c3=O)C2=O)cc1. The Kier molecular flexibility index (Phi) is 5.26. The number of aryl methyl sites for hydroxylation is 2. The minimum Gasteiger partial charge on any atom is -0.494 e. The van der Waals surface area contributed by atoms with Crippen LogP contribution in [0.4, 0.5) is 10.5 Å². The van der Waals surface area contributed by atoms with Crippen LogP contribution >= 0.6 is 0 Å². The van der Waals surface area contributed by atoms with Crippen LogP contribution in [-0.2, 0) is 9.59 Å². The van der Waals surface area contributed by atoms with Gasteiger partial charge in [-0.3, -0.25) is 24.7 Å². The maximum atomic E-state index is 13.0. The molecule has 10 heteroatoms. The molecule has 33 heavy (non-hydrogen) atoms. The molecule has 0 radical (unpaired) electrons. The number of benzene rings is 2. The summed E-state index contributed by atoms with van der Waals surface area (Å²) >= 11 is 0. The number of amides is 4. The number of hydrogen-bond acceptors (Lipinski definition) is 6. The lowest BCUT2D eigenvalue weighted by atomic mass is 10.1. The van der Waals surface area contributed by atoms with Crippen molar-refractivity contribution in [2.45, 2.75) is 13.8 Å². The molecule has 1 aliphatic rings. The molecular weight excluding hydrogens is 428 g/mol. The third kappa shape index (κ3) is 3.85. The van der Waals surface area contributed by atoms with Crippen LogP contribution in [0.3, 0.4) is 0 Å². The van der Waals surface area contributed by atoms with Gasteiger partial charge in [0.1, 0.15) is 11.1 Å². The van der Waals surface area contributed by atoms with Crippen LogP contribution in [0.5, 0.6) is 5.88 Å². The van der Waals surface area contributed by atoms with Gasteiger partial charge >= 0.3 is 11.7 Å². The minimum atomic E-state index is -1.04. The zero-order valence-corrected chi connectivity index (χ0v) is 17.6. The highest BCUT2D eigenvalue weighted by Gasteiger charge is 2.37. The van der Waals surface area contributed by atoms with E-state index in [4.69, 9.17) is 0 Å². The molecule has 3 aromatic rings. The third-order valence-electron chi connectivity index (χ3n) is 5.10. The van der Waals surface area contributed by atoms with E-state index in [1.54, 1.807) is 36.4 Å². The number of barbiturate groups is 1. The minimum absolute atomic E-state index is 0.212. The molecule has 4 amide bonds. The van der Waals surface area contributed by atoms with E-state index in [-0.39, 0.29) is 11.4 Å². The molecule has 2 heterocycles. The average molecular weight is 446 g/mol. The summed E-state index contributed by atoms with van der Waals surface area (Å²) in [5.41, 5.74) is -0.697. The van der Waals surface area contributed by atoms with E-state index < -0.39 is 46.1 Å². The van der Waals surface area contributed by atoms with Gasteiger partial charge in [0.25, 0.3) is 17.4 Å². The molecule has 0 bridgehead atoms. The summed E-state index contributed by atoms with van der Waals surface area (Å²) in [7, 11) is 0. The summed E-state index contributed by atoms with van der Waals surface area (Å²) in [6, 6.07) is 12.0. The van der Waals surface area contributed by atoms with E-state index in [2.05, 4.69) is 4.98 Å². The van der Waals surface area contributed by atoms with Gasteiger partial charge in [-0.25, -0.2) is 19.1 Å². The van der Waals surface area contributed by atoms with E-state index in [0.29, 0.717) is 0 Å². The van der Waals surface area contributed by atoms with Crippen molar-refractivity contribution in [1.82, 2.24) is 14.9 Å². The number of rotatable bonds is 3. The molecule has 0 atom stereocenters. The van der Waals surface area contributed by atoms with Crippen molar-refractivity contribution in [2.24, 2.45) is 0 Å². The Morgan fingerprint density at radius 1 is 0.818 bits per heavy atom. The molecule has 166 valence electrons. The van der Waals surface area contributed by atoms with E-state index in [9.17, 15) is 29.1 Å². The Morgan fingerprint density at radius 2 is 1.36 bits per heavy atom. The fourth-order valence-corrected chi connectivity index (χ4v) is 3.33. The normalized spacial score (nSPS) is 15.2. The lowest BCUT2D eigenvalue weighted by Crippen LogP contribution is -2.54. The number of nitrogens with one attached hydrogen (secondary N) is 2. The zero-order valence-electron chi connectivity index (χ0n) is 17.6. The number of hydrogen-bond donors (Lipinski definition) is 3. The highest BCUT2D eigenvalue weighted by Crippen LogP contribution is 2.24. The van der Waals surface area contributed by atoms with Gasteiger partial charge in [0, 0.05) is 0 Å². The maximum absolute atomic E-state index is 13.0. The van der Waals surface area contributed by atoms with Crippen LogP contribution in [0, 0.1) is 13.8 Å². The topological polar surface area (TPSA) is 142 Å². The van der Waals surface area contributed by atoms with Crippen LogP contribution < -0.4 is 21.5 Å². The quantitative estimate of drug-likeness (QED) is 0.411. The van der Waals surface area contributed by atoms with Gasteiger partial charge in [0.15, 0.2) is 0 Å². The fraction of sp³-hybridized carbons (Fsp3) is 0.0870. The summed E-state index contributed by atoms with van der Waals surface area (Å²) in [5, 5.41) is 12.8. The standard InChI is InChI=1S/C23H18N4O6/c1-12-3-7-14(8-4-12)26-20(30)16(18(28)24-22(26)32)11-17-19(29)25-23(33)27(21(17)31)15-9-5-13(2)6-10-15/h3-11,30H,1-2H3,(H,24,28,32)(H,25,29,33)/b17-11-. The molecular formula is C23H18N4O6. The number of aromatic amines is 1. The molecule has 10 nitrogen and oxygen atoms in total. The first kappa shape index (κ1) is 21.5. The van der Waals surface area contributed by atoms with Gasteiger partial charge in [0.05, 0.1) is 11.4 Å². The van der Waals surface area contributed by atoms with Crippen molar-refractivity contribution < 1.29 is 19.5 Å². The smallest absolute Gasteiger partial charge is 0.335 e. The Hall–Kier alpha value is -4.73. The number of imide groups is 2. The summed E-state index contributed by atoms with van der Waals surface area (Å²) in [4.78, 5) is 65.4. The molecule has 0 saturated carbocycles. The first-order valence-electron chi connectivity index (χ1n) is 9.81. The third-order valence-corrected chi connectivity index (χ3v) is 5.10. The predicted octanol–water partition coefficient (Wildman–Crippen LogP) is 1.51. The van der Waals surface area contributed by atoms with Crippen molar-refractivity contribution in [3.63, 3.8) is 0 Å². The number of urea groups is 1. The second-order valence-electron chi connectivity index (χ2n) is 7.46. The number of anilines is 1. The van der Waals surface area contributed by atoms with E-state index in [1.807, 2.05) is 19.2 Å². The molecule has 0 unspecified atom stereocenters. The van der Waals surface area contributed by atoms with Gasteiger partial charge < -0.3 is 5.11 Å². The van der Waals surface area contributed by atoms with Gasteiger partial charge in [-0.2, -0.15) is 0 Å². The molecule has 4 rings (SSSR count). The fourth-order valence-electron chi connectivity index (χ4n) is 3.33. The lowest BCUT2D eigenvalue weighted by molar-refractivity contribution is -0.122. The average Bonchev–Trinajstić information content (AvgIpc) is 2.75. The monoisotopic (exact) mass is 446 g/mol. The number of carbonyl (C=O) groups is 3. The molecule has 1 fully saturated rings. The Balaban J connectivity index is 1.85. The van der Waals surface area contributed by atoms with Gasteiger partial charge in [-0.15, -0.1) is 0 Å². The van der Waals surface area contributed by atoms with Crippen molar-refractivity contribution in [1.29, 1.82) is 0 Å². The van der Waals surface area contributed by atoms with Crippen molar-refractivity contribution >= 4 is 29.6 Å². The van der Waals surface area contributed by atoms with Gasteiger partial charge in [-0.05, 0) is 44.2 Å². The van der Waals surface area contributed by atoms with Crippen LogP contribution in [0.1, 0.15) is 16.7 Å². The highest BCUT2D eigenvalue weighted by molar-refractivity contribution is 6.39. The largest absolute Gasteiger partial charge is 0.494 e.